The Morgan fingerprint density at radius 3 is 2.16 bits per heavy atom. The second-order valence-electron chi connectivity index (χ2n) is 5.83. The standard InChI is InChI=1S/C19H22N2O3S/c1-3-10-20(11-4-2)17(25)13-14(22)9-12-21-18(23)15-7-5-6-8-16(15)19(21)24/h3-8,14,22H,1-2,9-13H2/t14-/m1/s1. The van der Waals surface area contributed by atoms with Gasteiger partial charge in [0.15, 0.2) is 0 Å². The number of aliphatic hydroxyl groups excluding tert-OH is 1. The first kappa shape index (κ1) is 19.0. The van der Waals surface area contributed by atoms with Gasteiger partial charge in [-0.15, -0.1) is 13.2 Å². The van der Waals surface area contributed by atoms with Crippen molar-refractivity contribution in [3.05, 3.63) is 60.7 Å². The second-order valence-corrected chi connectivity index (χ2v) is 6.30. The van der Waals surface area contributed by atoms with E-state index < -0.39 is 6.10 Å². The maximum absolute atomic E-state index is 12.3. The Bertz CT molecular complexity index is 657. The molecule has 132 valence electrons. The molecule has 0 spiro atoms. The van der Waals surface area contributed by atoms with Crippen molar-refractivity contribution in [3.63, 3.8) is 0 Å². The molecule has 0 saturated heterocycles. The van der Waals surface area contributed by atoms with Crippen LogP contribution in [0.15, 0.2) is 49.6 Å². The number of fused-ring (bicyclic) bond motifs is 1. The van der Waals surface area contributed by atoms with Gasteiger partial charge in [-0.3, -0.25) is 14.5 Å². The van der Waals surface area contributed by atoms with E-state index in [1.54, 1.807) is 36.4 Å². The minimum atomic E-state index is -0.728. The minimum absolute atomic E-state index is 0.166. The predicted octanol–water partition coefficient (Wildman–Crippen LogP) is 2.43. The van der Waals surface area contributed by atoms with Gasteiger partial charge in [-0.2, -0.15) is 0 Å². The largest absolute Gasteiger partial charge is 0.393 e. The van der Waals surface area contributed by atoms with Gasteiger partial charge in [-0.1, -0.05) is 36.5 Å². The van der Waals surface area contributed by atoms with Crippen molar-refractivity contribution in [1.29, 1.82) is 0 Å². The number of benzene rings is 1. The highest BCUT2D eigenvalue weighted by molar-refractivity contribution is 7.80. The molecule has 0 aromatic heterocycles. The van der Waals surface area contributed by atoms with Crippen molar-refractivity contribution < 1.29 is 14.7 Å². The van der Waals surface area contributed by atoms with Gasteiger partial charge < -0.3 is 10.0 Å². The van der Waals surface area contributed by atoms with E-state index in [4.69, 9.17) is 12.2 Å². The lowest BCUT2D eigenvalue weighted by atomic mass is 10.1. The summed E-state index contributed by atoms with van der Waals surface area (Å²) in [6.07, 6.45) is 3.32. The Labute approximate surface area is 153 Å². The van der Waals surface area contributed by atoms with Gasteiger partial charge in [0.05, 0.1) is 22.2 Å². The first-order valence-electron chi connectivity index (χ1n) is 8.12. The SMILES string of the molecule is C=CCN(CC=C)C(=S)C[C@H](O)CCN1C(=O)c2ccccc2C1=O. The molecule has 5 nitrogen and oxygen atoms in total. The fraction of sp³-hybridized carbons (Fsp3) is 0.316. The lowest BCUT2D eigenvalue weighted by molar-refractivity contribution is 0.0625. The number of carbonyl (C=O) groups excluding carboxylic acids is 2. The maximum atomic E-state index is 12.3. The van der Waals surface area contributed by atoms with E-state index >= 15 is 0 Å². The van der Waals surface area contributed by atoms with E-state index in [-0.39, 0.29) is 24.8 Å². The third-order valence-electron chi connectivity index (χ3n) is 4.03. The van der Waals surface area contributed by atoms with Crippen LogP contribution < -0.4 is 0 Å². The lowest BCUT2D eigenvalue weighted by Gasteiger charge is -2.24. The summed E-state index contributed by atoms with van der Waals surface area (Å²) >= 11 is 5.36. The summed E-state index contributed by atoms with van der Waals surface area (Å²) in [5.41, 5.74) is 0.835. The quantitative estimate of drug-likeness (QED) is 0.417. The van der Waals surface area contributed by atoms with Crippen molar-refractivity contribution in [1.82, 2.24) is 9.80 Å². The summed E-state index contributed by atoms with van der Waals surface area (Å²) in [5, 5.41) is 10.2. The summed E-state index contributed by atoms with van der Waals surface area (Å²) in [4.78, 5) is 28.3. The normalized spacial score (nSPS) is 14.2. The Kier molecular flexibility index (Phi) is 6.61. The fourth-order valence-electron chi connectivity index (χ4n) is 2.74. The van der Waals surface area contributed by atoms with Crippen LogP contribution in [0, 0.1) is 0 Å². The summed E-state index contributed by atoms with van der Waals surface area (Å²) in [5.74, 6) is -0.620. The molecule has 0 radical (unpaired) electrons. The molecule has 2 amide bonds. The van der Waals surface area contributed by atoms with Crippen molar-refractivity contribution in [2.45, 2.75) is 18.9 Å². The van der Waals surface area contributed by atoms with Crippen LogP contribution in [-0.4, -0.2) is 57.4 Å². The highest BCUT2D eigenvalue weighted by atomic mass is 32.1. The van der Waals surface area contributed by atoms with Crippen molar-refractivity contribution in [2.75, 3.05) is 19.6 Å². The fourth-order valence-corrected chi connectivity index (χ4v) is 3.08. The van der Waals surface area contributed by atoms with Crippen LogP contribution in [0.3, 0.4) is 0 Å². The van der Waals surface area contributed by atoms with E-state index in [9.17, 15) is 14.7 Å². The third-order valence-corrected chi connectivity index (χ3v) is 4.45. The molecule has 0 fully saturated rings. The molecule has 0 bridgehead atoms. The summed E-state index contributed by atoms with van der Waals surface area (Å²) in [6, 6.07) is 6.75. The Morgan fingerprint density at radius 1 is 1.16 bits per heavy atom. The van der Waals surface area contributed by atoms with Gasteiger partial charge in [0.25, 0.3) is 11.8 Å². The summed E-state index contributed by atoms with van der Waals surface area (Å²) in [6.45, 7) is 8.70. The number of rotatable bonds is 9. The van der Waals surface area contributed by atoms with Crippen LogP contribution in [0.5, 0.6) is 0 Å². The van der Waals surface area contributed by atoms with E-state index in [1.165, 1.54) is 4.90 Å². The van der Waals surface area contributed by atoms with Crippen LogP contribution in [0.25, 0.3) is 0 Å². The van der Waals surface area contributed by atoms with E-state index in [0.717, 1.165) is 0 Å². The molecular formula is C19H22N2O3S. The van der Waals surface area contributed by atoms with Crippen LogP contribution in [-0.2, 0) is 0 Å². The molecule has 1 heterocycles. The second kappa shape index (κ2) is 8.69. The highest BCUT2D eigenvalue weighted by Crippen LogP contribution is 2.22. The van der Waals surface area contributed by atoms with Gasteiger partial charge in [0, 0.05) is 26.1 Å². The molecule has 1 N–H and O–H groups in total. The Hall–Kier alpha value is -2.31. The Balaban J connectivity index is 1.90. The minimum Gasteiger partial charge on any atom is -0.393 e. The van der Waals surface area contributed by atoms with E-state index in [1.807, 2.05) is 4.90 Å². The zero-order chi connectivity index (χ0) is 18.4. The zero-order valence-electron chi connectivity index (χ0n) is 14.1. The van der Waals surface area contributed by atoms with E-state index in [0.29, 0.717) is 35.6 Å². The molecule has 2 rings (SSSR count). The molecule has 1 aromatic carbocycles. The summed E-state index contributed by atoms with van der Waals surface area (Å²) < 4.78 is 0. The van der Waals surface area contributed by atoms with Gasteiger partial charge >= 0.3 is 0 Å². The van der Waals surface area contributed by atoms with Crippen LogP contribution in [0.4, 0.5) is 0 Å². The number of imide groups is 1. The first-order valence-corrected chi connectivity index (χ1v) is 8.53. The number of hydrogen-bond acceptors (Lipinski definition) is 4. The molecule has 1 aliphatic rings. The monoisotopic (exact) mass is 358 g/mol. The van der Waals surface area contributed by atoms with Gasteiger partial charge in [-0.25, -0.2) is 0 Å². The average molecular weight is 358 g/mol. The van der Waals surface area contributed by atoms with Crippen LogP contribution in [0.2, 0.25) is 0 Å². The van der Waals surface area contributed by atoms with Crippen molar-refractivity contribution >= 4 is 29.0 Å². The number of amides is 2. The van der Waals surface area contributed by atoms with Crippen molar-refractivity contribution in [2.24, 2.45) is 0 Å². The number of carbonyl (C=O) groups is 2. The zero-order valence-corrected chi connectivity index (χ0v) is 14.9. The topological polar surface area (TPSA) is 60.9 Å². The van der Waals surface area contributed by atoms with Crippen LogP contribution >= 0.6 is 12.2 Å². The highest BCUT2D eigenvalue weighted by Gasteiger charge is 2.34. The third kappa shape index (κ3) is 4.41. The molecule has 0 aliphatic carbocycles. The number of nitrogens with zero attached hydrogens (tertiary/aromatic N) is 2. The molecule has 25 heavy (non-hydrogen) atoms. The molecule has 0 saturated carbocycles. The number of thiocarbonyl (C=S) groups is 1. The molecule has 6 heteroatoms. The molecular weight excluding hydrogens is 336 g/mol. The van der Waals surface area contributed by atoms with Gasteiger partial charge in [0.2, 0.25) is 0 Å². The lowest BCUT2D eigenvalue weighted by Crippen LogP contribution is -2.35. The van der Waals surface area contributed by atoms with Crippen LogP contribution in [0.1, 0.15) is 33.6 Å². The Morgan fingerprint density at radius 2 is 1.68 bits per heavy atom. The first-order chi connectivity index (χ1) is 12.0. The number of hydrogen-bond donors (Lipinski definition) is 1. The predicted molar refractivity (Wildman–Crippen MR) is 102 cm³/mol. The van der Waals surface area contributed by atoms with Crippen molar-refractivity contribution in [3.8, 4) is 0 Å². The van der Waals surface area contributed by atoms with Gasteiger partial charge in [0.1, 0.15) is 0 Å². The molecule has 1 aromatic rings. The molecule has 1 atom stereocenters. The smallest absolute Gasteiger partial charge is 0.261 e. The molecule has 0 unspecified atom stereocenters. The number of aliphatic hydroxyl groups is 1. The maximum Gasteiger partial charge on any atom is 0.261 e. The summed E-state index contributed by atoms with van der Waals surface area (Å²) in [7, 11) is 0. The molecule has 1 aliphatic heterocycles. The van der Waals surface area contributed by atoms with Gasteiger partial charge in [-0.05, 0) is 18.6 Å². The van der Waals surface area contributed by atoms with E-state index in [2.05, 4.69) is 13.2 Å². The average Bonchev–Trinajstić information content (AvgIpc) is 2.84.